The van der Waals surface area contributed by atoms with E-state index in [9.17, 15) is 0 Å². The number of unbranched alkanes of at least 4 members (excludes halogenated alkanes) is 1. The van der Waals surface area contributed by atoms with Gasteiger partial charge in [-0.05, 0) is 31.7 Å². The first-order valence-corrected chi connectivity index (χ1v) is 6.54. The number of aryl methyl sites for hydroxylation is 1. The van der Waals surface area contributed by atoms with Crippen LogP contribution in [-0.4, -0.2) is 29.2 Å². The van der Waals surface area contributed by atoms with Gasteiger partial charge in [0.1, 0.15) is 0 Å². The van der Waals surface area contributed by atoms with Crippen LogP contribution in [0.1, 0.15) is 38.3 Å². The van der Waals surface area contributed by atoms with E-state index < -0.39 is 0 Å². The van der Waals surface area contributed by atoms with Gasteiger partial charge in [-0.1, -0.05) is 13.3 Å². The fraction of sp³-hybridized carbons (Fsp3) is 0.692. The Balaban J connectivity index is 1.90. The minimum Gasteiger partial charge on any atom is -0.379 e. The number of nitrogens with one attached hydrogen (secondary N) is 1. The van der Waals surface area contributed by atoms with Crippen molar-refractivity contribution < 1.29 is 4.74 Å². The van der Waals surface area contributed by atoms with Gasteiger partial charge >= 0.3 is 0 Å². The molecule has 94 valence electrons. The highest BCUT2D eigenvalue weighted by molar-refractivity contribution is 5.27. The lowest BCUT2D eigenvalue weighted by Gasteiger charge is -2.23. The molecule has 0 spiro atoms. The van der Waals surface area contributed by atoms with E-state index in [0.717, 1.165) is 44.1 Å². The fourth-order valence-corrected chi connectivity index (χ4v) is 2.00. The zero-order valence-electron chi connectivity index (χ0n) is 10.5. The highest BCUT2D eigenvalue weighted by Gasteiger charge is 2.14. The van der Waals surface area contributed by atoms with Crippen LogP contribution in [0.3, 0.4) is 0 Å². The molecule has 0 aromatic carbocycles. The van der Waals surface area contributed by atoms with Gasteiger partial charge in [-0.3, -0.25) is 0 Å². The molecule has 1 aromatic heterocycles. The van der Waals surface area contributed by atoms with E-state index in [-0.39, 0.29) is 0 Å². The minimum atomic E-state index is 0.366. The Hall–Kier alpha value is -1.16. The van der Waals surface area contributed by atoms with Crippen molar-refractivity contribution in [1.82, 2.24) is 9.97 Å². The second-order valence-electron chi connectivity index (χ2n) is 4.53. The molecule has 17 heavy (non-hydrogen) atoms. The molecule has 2 heterocycles. The molecule has 0 bridgehead atoms. The number of nitrogens with zero attached hydrogens (tertiary/aromatic N) is 2. The average Bonchev–Trinajstić information content (AvgIpc) is 2.38. The van der Waals surface area contributed by atoms with Crippen LogP contribution in [0.2, 0.25) is 0 Å². The molecule has 1 aromatic rings. The third kappa shape index (κ3) is 3.97. The maximum Gasteiger partial charge on any atom is 0.223 e. The number of hydrogen-bond donors (Lipinski definition) is 1. The molecule has 0 radical (unpaired) electrons. The molecule has 1 fully saturated rings. The van der Waals surface area contributed by atoms with Crippen molar-refractivity contribution in [1.29, 1.82) is 0 Å². The standard InChI is InChI=1S/C13H21N3O/c1-2-3-5-11-7-8-14-13(15-11)16-12-6-4-9-17-10-12/h7-8,12H,2-6,9-10H2,1H3,(H,14,15,16). The van der Waals surface area contributed by atoms with Crippen LogP contribution in [0, 0.1) is 0 Å². The Morgan fingerprint density at radius 2 is 2.47 bits per heavy atom. The first-order chi connectivity index (χ1) is 8.38. The van der Waals surface area contributed by atoms with Gasteiger partial charge in [0.05, 0.1) is 12.6 Å². The molecule has 1 saturated heterocycles. The van der Waals surface area contributed by atoms with E-state index in [2.05, 4.69) is 22.2 Å². The van der Waals surface area contributed by atoms with Gasteiger partial charge in [0.25, 0.3) is 0 Å². The third-order valence-electron chi connectivity index (χ3n) is 2.99. The summed E-state index contributed by atoms with van der Waals surface area (Å²) in [5.41, 5.74) is 1.13. The van der Waals surface area contributed by atoms with Gasteiger partial charge in [-0.2, -0.15) is 0 Å². The number of anilines is 1. The van der Waals surface area contributed by atoms with E-state index in [1.54, 1.807) is 0 Å². The highest BCUT2D eigenvalue weighted by Crippen LogP contribution is 2.11. The number of aromatic nitrogens is 2. The summed E-state index contributed by atoms with van der Waals surface area (Å²) in [5.74, 6) is 0.745. The first-order valence-electron chi connectivity index (χ1n) is 6.54. The van der Waals surface area contributed by atoms with Crippen molar-refractivity contribution in [2.75, 3.05) is 18.5 Å². The lowest BCUT2D eigenvalue weighted by molar-refractivity contribution is 0.0874. The van der Waals surface area contributed by atoms with Crippen molar-refractivity contribution in [3.8, 4) is 0 Å². The lowest BCUT2D eigenvalue weighted by Crippen LogP contribution is -2.30. The Kier molecular flexibility index (Phi) is 4.74. The minimum absolute atomic E-state index is 0.366. The summed E-state index contributed by atoms with van der Waals surface area (Å²) in [7, 11) is 0. The van der Waals surface area contributed by atoms with E-state index in [4.69, 9.17) is 4.74 Å². The van der Waals surface area contributed by atoms with Gasteiger partial charge < -0.3 is 10.1 Å². The average molecular weight is 235 g/mol. The van der Waals surface area contributed by atoms with Crippen LogP contribution in [0.5, 0.6) is 0 Å². The highest BCUT2D eigenvalue weighted by atomic mass is 16.5. The van der Waals surface area contributed by atoms with Crippen molar-refractivity contribution in [3.63, 3.8) is 0 Å². The molecule has 1 aliphatic heterocycles. The van der Waals surface area contributed by atoms with Gasteiger partial charge in [-0.25, -0.2) is 9.97 Å². The number of rotatable bonds is 5. The molecule has 2 rings (SSSR count). The summed E-state index contributed by atoms with van der Waals surface area (Å²) >= 11 is 0. The maximum atomic E-state index is 5.43. The summed E-state index contributed by atoms with van der Waals surface area (Å²) in [5, 5.41) is 3.35. The first kappa shape index (κ1) is 12.3. The molecule has 0 aliphatic carbocycles. The number of ether oxygens (including phenoxy) is 1. The monoisotopic (exact) mass is 235 g/mol. The van der Waals surface area contributed by atoms with Gasteiger partial charge in [0.2, 0.25) is 5.95 Å². The zero-order chi connectivity index (χ0) is 11.9. The van der Waals surface area contributed by atoms with Crippen LogP contribution in [-0.2, 0) is 11.2 Å². The Labute approximate surface area is 103 Å². The van der Waals surface area contributed by atoms with E-state index in [0.29, 0.717) is 6.04 Å². The second kappa shape index (κ2) is 6.55. The van der Waals surface area contributed by atoms with Crippen LogP contribution in [0.4, 0.5) is 5.95 Å². The van der Waals surface area contributed by atoms with Gasteiger partial charge in [0.15, 0.2) is 0 Å². The van der Waals surface area contributed by atoms with Crippen LogP contribution >= 0.6 is 0 Å². The van der Waals surface area contributed by atoms with Gasteiger partial charge in [0, 0.05) is 18.5 Å². The van der Waals surface area contributed by atoms with Crippen molar-refractivity contribution in [2.24, 2.45) is 0 Å². The van der Waals surface area contributed by atoms with Crippen molar-refractivity contribution >= 4 is 5.95 Å². The Morgan fingerprint density at radius 3 is 3.24 bits per heavy atom. The van der Waals surface area contributed by atoms with Crippen molar-refractivity contribution in [2.45, 2.75) is 45.1 Å². The summed E-state index contributed by atoms with van der Waals surface area (Å²) < 4.78 is 5.43. The maximum absolute atomic E-state index is 5.43. The molecule has 0 saturated carbocycles. The van der Waals surface area contributed by atoms with Gasteiger partial charge in [-0.15, -0.1) is 0 Å². The molecule has 0 amide bonds. The predicted octanol–water partition coefficient (Wildman–Crippen LogP) is 2.41. The quantitative estimate of drug-likeness (QED) is 0.851. The SMILES string of the molecule is CCCCc1ccnc(NC2CCCOC2)n1. The largest absolute Gasteiger partial charge is 0.379 e. The topological polar surface area (TPSA) is 47.0 Å². The summed E-state index contributed by atoms with van der Waals surface area (Å²) in [6, 6.07) is 2.36. The van der Waals surface area contributed by atoms with Crippen LogP contribution in [0.15, 0.2) is 12.3 Å². The Bertz CT molecular complexity index is 337. The van der Waals surface area contributed by atoms with Crippen LogP contribution < -0.4 is 5.32 Å². The molecule has 1 atom stereocenters. The fourth-order valence-electron chi connectivity index (χ4n) is 2.00. The van der Waals surface area contributed by atoms with Crippen molar-refractivity contribution in [3.05, 3.63) is 18.0 Å². The molecular formula is C13H21N3O. The molecule has 1 unspecified atom stereocenters. The van der Waals surface area contributed by atoms with E-state index in [1.165, 1.54) is 12.8 Å². The summed E-state index contributed by atoms with van der Waals surface area (Å²) in [4.78, 5) is 8.79. The predicted molar refractivity (Wildman–Crippen MR) is 68.1 cm³/mol. The third-order valence-corrected chi connectivity index (χ3v) is 2.99. The molecule has 1 aliphatic rings. The van der Waals surface area contributed by atoms with E-state index in [1.807, 2.05) is 12.3 Å². The molecule has 4 heteroatoms. The lowest BCUT2D eigenvalue weighted by atomic mass is 10.1. The smallest absolute Gasteiger partial charge is 0.223 e. The summed E-state index contributed by atoms with van der Waals surface area (Å²) in [6.07, 6.45) is 7.51. The molecule has 1 N–H and O–H groups in total. The normalized spacial score (nSPS) is 20.2. The molecular weight excluding hydrogens is 214 g/mol. The zero-order valence-corrected chi connectivity index (χ0v) is 10.5. The molecule has 4 nitrogen and oxygen atoms in total. The second-order valence-corrected chi connectivity index (χ2v) is 4.53. The Morgan fingerprint density at radius 1 is 1.53 bits per heavy atom. The van der Waals surface area contributed by atoms with Crippen LogP contribution in [0.25, 0.3) is 0 Å². The summed E-state index contributed by atoms with van der Waals surface area (Å²) in [6.45, 7) is 3.85. The van der Waals surface area contributed by atoms with E-state index >= 15 is 0 Å². The number of hydrogen-bond acceptors (Lipinski definition) is 4.